The molecule has 0 bridgehead atoms. The second-order valence-corrected chi connectivity index (χ2v) is 11.5. The Balaban J connectivity index is 1.36. The average molecular weight is 459 g/mol. The van der Waals surface area contributed by atoms with E-state index in [0.717, 1.165) is 23.9 Å². The molecule has 2 saturated carbocycles. The third-order valence-electron chi connectivity index (χ3n) is 8.73. The lowest BCUT2D eigenvalue weighted by Crippen LogP contribution is -2.65. The van der Waals surface area contributed by atoms with E-state index in [9.17, 15) is 14.7 Å². The van der Waals surface area contributed by atoms with Crippen molar-refractivity contribution in [1.29, 1.82) is 0 Å². The molecule has 4 aliphatic rings. The molecule has 2 aliphatic carbocycles. The van der Waals surface area contributed by atoms with Gasteiger partial charge in [-0.05, 0) is 69.6 Å². The maximum Gasteiger partial charge on any atom is 0.494 e. The average Bonchev–Trinajstić information content (AvgIpc) is 3.56. The van der Waals surface area contributed by atoms with Crippen molar-refractivity contribution in [1.82, 2.24) is 4.90 Å². The number of carbonyl (C=O) groups excluding carboxylic acids is 2. The lowest BCUT2D eigenvalue weighted by molar-refractivity contribution is -0.143. The van der Waals surface area contributed by atoms with Gasteiger partial charge in [-0.1, -0.05) is 36.4 Å². The van der Waals surface area contributed by atoms with E-state index in [1.54, 1.807) is 24.3 Å². The molecule has 2 aromatic rings. The fourth-order valence-electron chi connectivity index (χ4n) is 5.87. The van der Waals surface area contributed by atoms with Crippen molar-refractivity contribution in [3.05, 3.63) is 65.2 Å². The Morgan fingerprint density at radius 3 is 1.82 bits per heavy atom. The van der Waals surface area contributed by atoms with Gasteiger partial charge in [-0.3, -0.25) is 14.5 Å². The summed E-state index contributed by atoms with van der Waals surface area (Å²) in [6, 6.07) is 14.8. The second-order valence-electron chi connectivity index (χ2n) is 11.5. The number of rotatable bonds is 4. The monoisotopic (exact) mass is 459 g/mol. The van der Waals surface area contributed by atoms with E-state index in [1.165, 1.54) is 4.90 Å². The van der Waals surface area contributed by atoms with E-state index < -0.39 is 29.5 Å². The number of carbonyl (C=O) groups is 2. The molecule has 2 aliphatic heterocycles. The molecule has 34 heavy (non-hydrogen) atoms. The molecule has 0 radical (unpaired) electrons. The first-order valence-electron chi connectivity index (χ1n) is 12.1. The van der Waals surface area contributed by atoms with Crippen LogP contribution in [-0.4, -0.2) is 45.7 Å². The molecule has 2 amide bonds. The summed E-state index contributed by atoms with van der Waals surface area (Å²) in [6.07, 6.45) is 2.73. The van der Waals surface area contributed by atoms with E-state index in [1.807, 2.05) is 52.0 Å². The van der Waals surface area contributed by atoms with Gasteiger partial charge < -0.3 is 14.4 Å². The van der Waals surface area contributed by atoms with Gasteiger partial charge in [-0.25, -0.2) is 0 Å². The zero-order valence-corrected chi connectivity index (χ0v) is 20.1. The Bertz CT molecular complexity index is 1140. The third kappa shape index (κ3) is 2.93. The smallest absolute Gasteiger partial charge is 0.399 e. The van der Waals surface area contributed by atoms with Gasteiger partial charge in [0.05, 0.1) is 33.5 Å². The zero-order valence-electron chi connectivity index (χ0n) is 20.1. The molecular weight excluding hydrogens is 429 g/mol. The molecule has 3 fully saturated rings. The molecule has 7 heteroatoms. The van der Waals surface area contributed by atoms with Crippen LogP contribution in [0.4, 0.5) is 0 Å². The van der Waals surface area contributed by atoms with E-state index in [4.69, 9.17) is 9.31 Å². The van der Waals surface area contributed by atoms with Crippen LogP contribution in [-0.2, 0) is 14.8 Å². The first kappa shape index (κ1) is 22.0. The number of hydrogen-bond acceptors (Lipinski definition) is 5. The second kappa shape index (κ2) is 6.81. The van der Waals surface area contributed by atoms with Crippen molar-refractivity contribution in [2.75, 3.05) is 0 Å². The summed E-state index contributed by atoms with van der Waals surface area (Å²) in [5.41, 5.74) is 0.0342. The van der Waals surface area contributed by atoms with E-state index >= 15 is 0 Å². The van der Waals surface area contributed by atoms with Crippen LogP contribution < -0.4 is 5.46 Å². The third-order valence-corrected chi connectivity index (χ3v) is 8.73. The molecule has 6 nitrogen and oxygen atoms in total. The first-order chi connectivity index (χ1) is 16.0. The summed E-state index contributed by atoms with van der Waals surface area (Å²) < 4.78 is 12.4. The fourth-order valence-corrected chi connectivity index (χ4v) is 5.87. The highest BCUT2D eigenvalue weighted by Crippen LogP contribution is 2.61. The number of hydrogen-bond donors (Lipinski definition) is 1. The Morgan fingerprint density at radius 1 is 0.853 bits per heavy atom. The normalized spacial score (nSPS) is 31.6. The predicted octanol–water partition coefficient (Wildman–Crippen LogP) is 3.41. The van der Waals surface area contributed by atoms with Crippen LogP contribution in [0.5, 0.6) is 0 Å². The van der Waals surface area contributed by atoms with Gasteiger partial charge in [0.25, 0.3) is 11.8 Å². The van der Waals surface area contributed by atoms with E-state index in [-0.39, 0.29) is 17.7 Å². The highest BCUT2D eigenvalue weighted by Gasteiger charge is 2.66. The minimum Gasteiger partial charge on any atom is -0.399 e. The summed E-state index contributed by atoms with van der Waals surface area (Å²) in [7, 11) is -0.487. The molecule has 0 atom stereocenters. The van der Waals surface area contributed by atoms with Crippen molar-refractivity contribution in [3.63, 3.8) is 0 Å². The number of benzene rings is 2. The van der Waals surface area contributed by atoms with Crippen LogP contribution >= 0.6 is 0 Å². The number of aliphatic hydroxyl groups is 1. The van der Waals surface area contributed by atoms with Crippen LogP contribution in [0.25, 0.3) is 0 Å². The fraction of sp³-hybridized carbons (Fsp3) is 0.481. The van der Waals surface area contributed by atoms with Crippen molar-refractivity contribution in [2.24, 2.45) is 5.92 Å². The molecule has 1 N–H and O–H groups in total. The van der Waals surface area contributed by atoms with Crippen molar-refractivity contribution in [2.45, 2.75) is 75.7 Å². The topological polar surface area (TPSA) is 76.1 Å². The minimum atomic E-state index is -0.862. The number of amides is 2. The SMILES string of the molecule is CC1(C)OB(c2ccc([C@]3(N4C(=O)c5ccccc5C4=O)C[C@](O)(C4CC4)C3)cc2)OC1(C)C. The number of imide groups is 1. The summed E-state index contributed by atoms with van der Waals surface area (Å²) in [5, 5.41) is 11.2. The summed E-state index contributed by atoms with van der Waals surface area (Å²) in [6.45, 7) is 8.08. The summed E-state index contributed by atoms with van der Waals surface area (Å²) >= 11 is 0. The van der Waals surface area contributed by atoms with Crippen molar-refractivity contribution in [3.8, 4) is 0 Å². The Labute approximate surface area is 200 Å². The molecule has 176 valence electrons. The standard InChI is InChI=1S/C27H30BNO5/c1-24(2)25(3,4)34-28(33-24)19-13-11-17(12-14-19)26(15-27(32,16-26)18-9-10-18)29-22(30)20-7-5-6-8-21(20)23(29)31/h5-8,11-14,18,32H,9-10,15-16H2,1-4H3/t26-,27+. The van der Waals surface area contributed by atoms with Crippen LogP contribution in [0.1, 0.15) is 79.7 Å². The molecule has 1 saturated heterocycles. The maximum absolute atomic E-state index is 13.4. The summed E-state index contributed by atoms with van der Waals surface area (Å²) in [4.78, 5) is 28.2. The van der Waals surface area contributed by atoms with Gasteiger partial charge in [0.15, 0.2) is 0 Å². The Morgan fingerprint density at radius 2 is 1.35 bits per heavy atom. The van der Waals surface area contributed by atoms with Crippen molar-refractivity contribution >= 4 is 24.4 Å². The Hall–Kier alpha value is -2.48. The lowest BCUT2D eigenvalue weighted by Gasteiger charge is -2.57. The van der Waals surface area contributed by atoms with Crippen LogP contribution in [0.2, 0.25) is 0 Å². The van der Waals surface area contributed by atoms with Crippen molar-refractivity contribution < 1.29 is 24.0 Å². The predicted molar refractivity (Wildman–Crippen MR) is 128 cm³/mol. The van der Waals surface area contributed by atoms with Gasteiger partial charge in [0.1, 0.15) is 0 Å². The molecular formula is C27H30BNO5. The quantitative estimate of drug-likeness (QED) is 0.560. The molecule has 2 heterocycles. The molecule has 2 aromatic carbocycles. The van der Waals surface area contributed by atoms with Crippen LogP contribution in [0.15, 0.2) is 48.5 Å². The van der Waals surface area contributed by atoms with Gasteiger partial charge >= 0.3 is 7.12 Å². The summed E-state index contributed by atoms with van der Waals surface area (Å²) in [5.74, 6) is -0.318. The van der Waals surface area contributed by atoms with Crippen LogP contribution in [0, 0.1) is 5.92 Å². The highest BCUT2D eigenvalue weighted by atomic mass is 16.7. The molecule has 0 aromatic heterocycles. The number of nitrogens with zero attached hydrogens (tertiary/aromatic N) is 1. The lowest BCUT2D eigenvalue weighted by atomic mass is 9.58. The molecule has 6 rings (SSSR count). The molecule has 0 spiro atoms. The van der Waals surface area contributed by atoms with Gasteiger partial charge in [0, 0.05) is 12.8 Å². The van der Waals surface area contributed by atoms with E-state index in [0.29, 0.717) is 24.0 Å². The van der Waals surface area contributed by atoms with Gasteiger partial charge in [-0.15, -0.1) is 0 Å². The first-order valence-corrected chi connectivity index (χ1v) is 12.1. The maximum atomic E-state index is 13.4. The van der Waals surface area contributed by atoms with Gasteiger partial charge in [-0.2, -0.15) is 0 Å². The van der Waals surface area contributed by atoms with Gasteiger partial charge in [0.2, 0.25) is 0 Å². The molecule has 0 unspecified atom stereocenters. The zero-order chi connectivity index (χ0) is 24.1. The van der Waals surface area contributed by atoms with Crippen LogP contribution in [0.3, 0.4) is 0 Å². The van der Waals surface area contributed by atoms with E-state index in [2.05, 4.69) is 0 Å². The number of fused-ring (bicyclic) bond motifs is 1. The largest absolute Gasteiger partial charge is 0.494 e. The minimum absolute atomic E-state index is 0.250. The Kier molecular flexibility index (Phi) is 4.41. The highest BCUT2D eigenvalue weighted by molar-refractivity contribution is 6.62.